The molecule has 1 fully saturated rings. The summed E-state index contributed by atoms with van der Waals surface area (Å²) >= 11 is 0. The first kappa shape index (κ1) is 21.3. The van der Waals surface area contributed by atoms with E-state index in [1.54, 1.807) is 19.1 Å². The average molecular weight is 414 g/mol. The van der Waals surface area contributed by atoms with E-state index in [0.29, 0.717) is 37.5 Å². The lowest BCUT2D eigenvalue weighted by Crippen LogP contribution is -2.40. The second kappa shape index (κ2) is 9.39. The molecule has 0 radical (unpaired) electrons. The zero-order valence-electron chi connectivity index (χ0n) is 16.6. The van der Waals surface area contributed by atoms with Gasteiger partial charge in [0, 0.05) is 24.3 Å². The molecule has 0 bridgehead atoms. The van der Waals surface area contributed by atoms with Gasteiger partial charge in [-0.05, 0) is 62.2 Å². The fourth-order valence-corrected chi connectivity index (χ4v) is 3.51. The zero-order chi connectivity index (χ0) is 21.7. The number of ether oxygens (including phenoxy) is 1. The third kappa shape index (κ3) is 4.94. The molecule has 1 atom stereocenters. The lowest BCUT2D eigenvalue weighted by Gasteiger charge is -2.34. The number of carbonyl (C=O) groups excluding carboxylic acids is 2. The molecule has 0 spiro atoms. The van der Waals surface area contributed by atoms with Crippen molar-refractivity contribution in [2.45, 2.75) is 19.8 Å². The van der Waals surface area contributed by atoms with Crippen molar-refractivity contribution in [1.29, 1.82) is 0 Å². The van der Waals surface area contributed by atoms with Gasteiger partial charge < -0.3 is 20.1 Å². The van der Waals surface area contributed by atoms with Gasteiger partial charge in [0.25, 0.3) is 5.91 Å². The van der Waals surface area contributed by atoms with Crippen molar-refractivity contribution in [1.82, 2.24) is 0 Å². The predicted molar refractivity (Wildman–Crippen MR) is 109 cm³/mol. The Labute approximate surface area is 173 Å². The molecule has 0 saturated carbocycles. The number of rotatable bonds is 6. The van der Waals surface area contributed by atoms with Gasteiger partial charge in [-0.15, -0.1) is 0 Å². The first-order valence-electron chi connectivity index (χ1n) is 9.75. The fourth-order valence-electron chi connectivity index (χ4n) is 3.51. The number of hydrogen-bond donors (Lipinski definition) is 2. The largest absolute Gasteiger partial charge is 0.478 e. The number of piperidine rings is 1. The van der Waals surface area contributed by atoms with E-state index in [0.717, 1.165) is 6.42 Å². The monoisotopic (exact) mass is 414 g/mol. The van der Waals surface area contributed by atoms with Crippen LogP contribution in [0.2, 0.25) is 0 Å². The minimum Gasteiger partial charge on any atom is -0.478 e. The fraction of sp³-hybridized carbons (Fsp3) is 0.318. The predicted octanol–water partition coefficient (Wildman–Crippen LogP) is 3.56. The third-order valence-electron chi connectivity index (χ3n) is 4.97. The van der Waals surface area contributed by atoms with Crippen molar-refractivity contribution in [2.75, 3.05) is 29.9 Å². The summed E-state index contributed by atoms with van der Waals surface area (Å²) in [6.07, 6.45) is 1.44. The molecule has 0 unspecified atom stereocenters. The lowest BCUT2D eigenvalue weighted by molar-refractivity contribution is -0.148. The number of amides is 1. The number of carbonyl (C=O) groups is 3. The molecule has 1 amide bonds. The summed E-state index contributed by atoms with van der Waals surface area (Å²) in [6.45, 7) is 3.05. The van der Waals surface area contributed by atoms with E-state index in [9.17, 15) is 23.9 Å². The number of hydrogen-bond acceptors (Lipinski definition) is 5. The second-order valence-corrected chi connectivity index (χ2v) is 7.04. The van der Waals surface area contributed by atoms with Gasteiger partial charge in [0.2, 0.25) is 0 Å². The average Bonchev–Trinajstić information content (AvgIpc) is 2.74. The number of halogens is 1. The Kier molecular flexibility index (Phi) is 6.66. The molecule has 1 heterocycles. The number of aromatic carboxylic acids is 1. The van der Waals surface area contributed by atoms with Crippen LogP contribution in [0.3, 0.4) is 0 Å². The van der Waals surface area contributed by atoms with Gasteiger partial charge >= 0.3 is 11.9 Å². The van der Waals surface area contributed by atoms with Crippen molar-refractivity contribution in [3.05, 3.63) is 59.4 Å². The van der Waals surface area contributed by atoms with Crippen molar-refractivity contribution in [2.24, 2.45) is 5.92 Å². The van der Waals surface area contributed by atoms with Crippen molar-refractivity contribution < 1.29 is 28.6 Å². The number of anilines is 2. The molecule has 158 valence electrons. The van der Waals surface area contributed by atoms with Crippen LogP contribution in [0, 0.1) is 11.7 Å². The van der Waals surface area contributed by atoms with Crippen LogP contribution in [-0.4, -0.2) is 42.6 Å². The summed E-state index contributed by atoms with van der Waals surface area (Å²) in [5.74, 6) is -2.65. The molecule has 1 saturated heterocycles. The third-order valence-corrected chi connectivity index (χ3v) is 4.97. The van der Waals surface area contributed by atoms with Crippen molar-refractivity contribution in [3.63, 3.8) is 0 Å². The van der Waals surface area contributed by atoms with Crippen molar-refractivity contribution >= 4 is 29.2 Å². The Morgan fingerprint density at radius 1 is 1.20 bits per heavy atom. The van der Waals surface area contributed by atoms with Gasteiger partial charge in [0.1, 0.15) is 5.82 Å². The highest BCUT2D eigenvalue weighted by Gasteiger charge is 2.29. The van der Waals surface area contributed by atoms with Crippen molar-refractivity contribution in [3.8, 4) is 0 Å². The molecule has 30 heavy (non-hydrogen) atoms. The molecule has 0 aliphatic carbocycles. The van der Waals surface area contributed by atoms with Gasteiger partial charge in [-0.1, -0.05) is 0 Å². The minimum absolute atomic E-state index is 0.0245. The molecule has 3 rings (SSSR count). The molecule has 2 N–H and O–H groups in total. The molecular formula is C22H23FN2O5. The Morgan fingerprint density at radius 2 is 1.93 bits per heavy atom. The smallest absolute Gasteiger partial charge is 0.337 e. The van der Waals surface area contributed by atoms with E-state index in [1.807, 2.05) is 4.90 Å². The Bertz CT molecular complexity index is 945. The zero-order valence-corrected chi connectivity index (χ0v) is 16.6. The Hall–Kier alpha value is -3.42. The first-order valence-corrected chi connectivity index (χ1v) is 9.75. The van der Waals surface area contributed by atoms with Gasteiger partial charge in [0.05, 0.1) is 23.8 Å². The first-order chi connectivity index (χ1) is 14.4. The van der Waals surface area contributed by atoms with Crippen LogP contribution >= 0.6 is 0 Å². The molecule has 8 heteroatoms. The quantitative estimate of drug-likeness (QED) is 0.702. The van der Waals surface area contributed by atoms with E-state index < -0.39 is 17.7 Å². The van der Waals surface area contributed by atoms with Crippen LogP contribution in [0.15, 0.2) is 42.5 Å². The van der Waals surface area contributed by atoms with Gasteiger partial charge in [-0.3, -0.25) is 9.59 Å². The number of esters is 1. The van der Waals surface area contributed by atoms with Crippen LogP contribution in [0.1, 0.15) is 40.5 Å². The number of nitrogens with zero attached hydrogens (tertiary/aromatic N) is 1. The van der Waals surface area contributed by atoms with E-state index in [1.165, 1.54) is 30.3 Å². The minimum atomic E-state index is -1.14. The summed E-state index contributed by atoms with van der Waals surface area (Å²) < 4.78 is 18.1. The van der Waals surface area contributed by atoms with E-state index in [-0.39, 0.29) is 23.0 Å². The van der Waals surface area contributed by atoms with Gasteiger partial charge in [-0.2, -0.15) is 0 Å². The topological polar surface area (TPSA) is 95.9 Å². The molecule has 1 aliphatic heterocycles. The highest BCUT2D eigenvalue weighted by Crippen LogP contribution is 2.29. The summed E-state index contributed by atoms with van der Waals surface area (Å²) in [5.41, 5.74) is 1.07. The van der Waals surface area contributed by atoms with Gasteiger partial charge in [-0.25, -0.2) is 9.18 Å². The molecule has 2 aromatic rings. The number of nitrogens with one attached hydrogen (secondary N) is 1. The van der Waals surface area contributed by atoms with E-state index >= 15 is 0 Å². The molecule has 2 aromatic carbocycles. The number of benzene rings is 2. The van der Waals surface area contributed by atoms with Crippen LogP contribution < -0.4 is 10.2 Å². The summed E-state index contributed by atoms with van der Waals surface area (Å²) in [5, 5.41) is 12.3. The standard InChI is InChI=1S/C22H23FN2O5/c1-2-30-22(29)15-4-3-11-25(13-15)19-10-9-17(12-18(19)21(27)28)24-20(26)14-5-7-16(23)8-6-14/h5-10,12,15H,2-4,11,13H2,1H3,(H,24,26)(H,27,28)/t15-/m0/s1. The summed E-state index contributed by atoms with van der Waals surface area (Å²) in [4.78, 5) is 38.1. The maximum absolute atomic E-state index is 13.0. The SMILES string of the molecule is CCOC(=O)[C@H]1CCCN(c2ccc(NC(=O)c3ccc(F)cc3)cc2C(=O)O)C1. The number of carboxylic acids is 1. The highest BCUT2D eigenvalue weighted by molar-refractivity contribution is 6.05. The maximum atomic E-state index is 13.0. The molecule has 1 aliphatic rings. The summed E-state index contributed by atoms with van der Waals surface area (Å²) in [6, 6.07) is 9.66. The molecule has 7 nitrogen and oxygen atoms in total. The molecule has 0 aromatic heterocycles. The van der Waals surface area contributed by atoms with Crippen LogP contribution in [0.5, 0.6) is 0 Å². The van der Waals surface area contributed by atoms with Gasteiger partial charge in [0.15, 0.2) is 0 Å². The summed E-state index contributed by atoms with van der Waals surface area (Å²) in [7, 11) is 0. The Balaban J connectivity index is 1.79. The van der Waals surface area contributed by atoms with E-state index in [4.69, 9.17) is 4.74 Å². The van der Waals surface area contributed by atoms with E-state index in [2.05, 4.69) is 5.32 Å². The van der Waals surface area contributed by atoms with Crippen LogP contribution in [0.4, 0.5) is 15.8 Å². The van der Waals surface area contributed by atoms with Crippen LogP contribution in [-0.2, 0) is 9.53 Å². The maximum Gasteiger partial charge on any atom is 0.337 e. The normalized spacial score (nSPS) is 16.1. The lowest BCUT2D eigenvalue weighted by atomic mass is 9.96. The highest BCUT2D eigenvalue weighted by atomic mass is 19.1. The molecular weight excluding hydrogens is 391 g/mol. The van der Waals surface area contributed by atoms with Crippen LogP contribution in [0.25, 0.3) is 0 Å². The number of carboxylic acid groups (broad SMARTS) is 1. The Morgan fingerprint density at radius 3 is 2.60 bits per heavy atom. The second-order valence-electron chi connectivity index (χ2n) is 7.04.